The Balaban J connectivity index is 1.37. The highest BCUT2D eigenvalue weighted by atomic mass is 32.1. The molecule has 0 aromatic carbocycles. The van der Waals surface area contributed by atoms with Crippen molar-refractivity contribution in [1.29, 1.82) is 0 Å². The maximum absolute atomic E-state index is 12.6. The Hall–Kier alpha value is -2.32. The molecule has 0 N–H and O–H groups in total. The smallest absolute Gasteiger partial charge is 0.267 e. The fourth-order valence-electron chi connectivity index (χ4n) is 3.15. The number of nitrogens with zero attached hydrogens (tertiary/aromatic N) is 6. The van der Waals surface area contributed by atoms with Gasteiger partial charge < -0.3 is 9.30 Å². The Morgan fingerprint density at radius 2 is 2.08 bits per heavy atom. The van der Waals surface area contributed by atoms with Gasteiger partial charge in [0.25, 0.3) is 5.91 Å². The number of imidazole rings is 1. The molecule has 0 aliphatic carbocycles. The van der Waals surface area contributed by atoms with E-state index in [4.69, 9.17) is 0 Å². The van der Waals surface area contributed by atoms with Gasteiger partial charge in [-0.1, -0.05) is 17.5 Å². The molecule has 130 valence electrons. The third-order valence-electron chi connectivity index (χ3n) is 4.54. The number of carbonyl (C=O) groups is 1. The van der Waals surface area contributed by atoms with E-state index in [9.17, 15) is 4.79 Å². The Labute approximate surface area is 150 Å². The van der Waals surface area contributed by atoms with Gasteiger partial charge in [0.15, 0.2) is 0 Å². The normalized spacial score (nSPS) is 15.8. The molecule has 1 amide bonds. The first-order valence-electron chi connectivity index (χ1n) is 8.50. The van der Waals surface area contributed by atoms with Crippen LogP contribution in [0.5, 0.6) is 0 Å². The van der Waals surface area contributed by atoms with Gasteiger partial charge in [0.1, 0.15) is 10.5 Å². The third-order valence-corrected chi connectivity index (χ3v) is 5.30. The van der Waals surface area contributed by atoms with Gasteiger partial charge in [0, 0.05) is 45.1 Å². The summed E-state index contributed by atoms with van der Waals surface area (Å²) in [5.74, 6) is 0.0687. The molecule has 0 saturated carbocycles. The minimum Gasteiger partial charge on any atom is -0.335 e. The maximum Gasteiger partial charge on any atom is 0.267 e. The standard InChI is InChI=1S/C17H20N6OS/c1-2-14-16(25-20-19-14)17(24)22-9-7-21(8-10-22)11-13-12-23-6-4-3-5-15(23)18-13/h3-6,12H,2,7-11H2,1H3. The lowest BCUT2D eigenvalue weighted by atomic mass is 10.2. The second-order valence-electron chi connectivity index (χ2n) is 6.17. The first-order chi connectivity index (χ1) is 12.2. The van der Waals surface area contributed by atoms with E-state index < -0.39 is 0 Å². The van der Waals surface area contributed by atoms with Crippen LogP contribution in [0.3, 0.4) is 0 Å². The van der Waals surface area contributed by atoms with Crippen LogP contribution in [0.1, 0.15) is 28.0 Å². The first kappa shape index (κ1) is 16.2. The highest BCUT2D eigenvalue weighted by Crippen LogP contribution is 2.17. The van der Waals surface area contributed by atoms with Gasteiger partial charge in [0.05, 0.1) is 11.4 Å². The second-order valence-corrected chi connectivity index (χ2v) is 6.92. The molecule has 1 aliphatic heterocycles. The Morgan fingerprint density at radius 1 is 1.24 bits per heavy atom. The summed E-state index contributed by atoms with van der Waals surface area (Å²) in [7, 11) is 0. The number of aryl methyl sites for hydroxylation is 1. The first-order valence-corrected chi connectivity index (χ1v) is 9.27. The number of fused-ring (bicyclic) bond motifs is 1. The molecule has 0 radical (unpaired) electrons. The fourth-order valence-corrected chi connectivity index (χ4v) is 3.87. The predicted octanol–water partition coefficient (Wildman–Crippen LogP) is 1.71. The van der Waals surface area contributed by atoms with Gasteiger partial charge in [-0.3, -0.25) is 9.69 Å². The number of amides is 1. The van der Waals surface area contributed by atoms with Gasteiger partial charge >= 0.3 is 0 Å². The van der Waals surface area contributed by atoms with E-state index >= 15 is 0 Å². The minimum absolute atomic E-state index is 0.0687. The van der Waals surface area contributed by atoms with E-state index in [0.29, 0.717) is 4.88 Å². The molecule has 0 spiro atoms. The molecule has 0 atom stereocenters. The minimum atomic E-state index is 0.0687. The highest BCUT2D eigenvalue weighted by molar-refractivity contribution is 7.08. The van der Waals surface area contributed by atoms with Crippen LogP contribution in [-0.4, -0.2) is 60.9 Å². The van der Waals surface area contributed by atoms with Crippen molar-refractivity contribution in [1.82, 2.24) is 28.8 Å². The summed E-state index contributed by atoms with van der Waals surface area (Å²) in [6.07, 6.45) is 4.83. The molecule has 25 heavy (non-hydrogen) atoms. The molecule has 1 saturated heterocycles. The zero-order valence-electron chi connectivity index (χ0n) is 14.1. The maximum atomic E-state index is 12.6. The van der Waals surface area contributed by atoms with Crippen LogP contribution in [-0.2, 0) is 13.0 Å². The lowest BCUT2D eigenvalue weighted by molar-refractivity contribution is 0.0630. The van der Waals surface area contributed by atoms with Crippen molar-refractivity contribution in [3.8, 4) is 0 Å². The van der Waals surface area contributed by atoms with Crippen LogP contribution >= 0.6 is 11.5 Å². The summed E-state index contributed by atoms with van der Waals surface area (Å²) >= 11 is 1.20. The predicted molar refractivity (Wildman–Crippen MR) is 95.7 cm³/mol. The van der Waals surface area contributed by atoms with Gasteiger partial charge in [-0.2, -0.15) is 0 Å². The average molecular weight is 356 g/mol. The number of rotatable bonds is 4. The lowest BCUT2D eigenvalue weighted by Gasteiger charge is -2.34. The van der Waals surface area contributed by atoms with Crippen molar-refractivity contribution in [2.75, 3.05) is 26.2 Å². The van der Waals surface area contributed by atoms with E-state index in [1.165, 1.54) is 11.5 Å². The molecule has 7 nitrogen and oxygen atoms in total. The molecule has 4 rings (SSSR count). The SMILES string of the molecule is CCc1nnsc1C(=O)N1CCN(Cc2cn3ccccc3n2)CC1. The van der Waals surface area contributed by atoms with E-state index in [2.05, 4.69) is 25.7 Å². The molecule has 3 aromatic heterocycles. The lowest BCUT2D eigenvalue weighted by Crippen LogP contribution is -2.48. The molecule has 8 heteroatoms. The molecule has 1 aliphatic rings. The third kappa shape index (κ3) is 3.27. The Kier molecular flexibility index (Phi) is 4.46. The Morgan fingerprint density at radius 3 is 2.84 bits per heavy atom. The zero-order chi connectivity index (χ0) is 17.2. The van der Waals surface area contributed by atoms with Crippen LogP contribution in [0, 0.1) is 0 Å². The summed E-state index contributed by atoms with van der Waals surface area (Å²) in [5.41, 5.74) is 2.84. The number of pyridine rings is 1. The van der Waals surface area contributed by atoms with Crippen molar-refractivity contribution in [3.63, 3.8) is 0 Å². The Bertz CT molecular complexity index is 847. The number of aromatic nitrogens is 4. The molecular weight excluding hydrogens is 336 g/mol. The van der Waals surface area contributed by atoms with E-state index in [0.717, 1.165) is 56.2 Å². The van der Waals surface area contributed by atoms with Crippen molar-refractivity contribution < 1.29 is 4.79 Å². The van der Waals surface area contributed by atoms with Crippen molar-refractivity contribution >= 4 is 23.1 Å². The van der Waals surface area contributed by atoms with Gasteiger partial charge in [-0.25, -0.2) is 4.98 Å². The van der Waals surface area contributed by atoms with E-state index in [1.807, 2.05) is 40.6 Å². The molecular formula is C17H20N6OS. The van der Waals surface area contributed by atoms with Crippen LogP contribution in [0.2, 0.25) is 0 Å². The second kappa shape index (κ2) is 6.89. The van der Waals surface area contributed by atoms with E-state index in [-0.39, 0.29) is 5.91 Å². The molecule has 0 bridgehead atoms. The average Bonchev–Trinajstić information content (AvgIpc) is 3.27. The van der Waals surface area contributed by atoms with Crippen LogP contribution < -0.4 is 0 Å². The molecule has 4 heterocycles. The van der Waals surface area contributed by atoms with Crippen LogP contribution in [0.4, 0.5) is 0 Å². The number of hydrogen-bond acceptors (Lipinski definition) is 6. The molecule has 3 aromatic rings. The summed E-state index contributed by atoms with van der Waals surface area (Å²) in [6, 6.07) is 6.01. The molecule has 1 fully saturated rings. The van der Waals surface area contributed by atoms with Crippen molar-refractivity contribution in [3.05, 3.63) is 46.9 Å². The van der Waals surface area contributed by atoms with Crippen molar-refractivity contribution in [2.24, 2.45) is 0 Å². The van der Waals surface area contributed by atoms with Gasteiger partial charge in [-0.05, 0) is 30.1 Å². The summed E-state index contributed by atoms with van der Waals surface area (Å²) < 4.78 is 5.96. The van der Waals surface area contributed by atoms with Gasteiger partial charge in [-0.15, -0.1) is 5.10 Å². The van der Waals surface area contributed by atoms with Crippen molar-refractivity contribution in [2.45, 2.75) is 19.9 Å². The quantitative estimate of drug-likeness (QED) is 0.712. The fraction of sp³-hybridized carbons (Fsp3) is 0.412. The van der Waals surface area contributed by atoms with Gasteiger partial charge in [0.2, 0.25) is 0 Å². The highest BCUT2D eigenvalue weighted by Gasteiger charge is 2.25. The summed E-state index contributed by atoms with van der Waals surface area (Å²) in [5, 5.41) is 4.04. The number of hydrogen-bond donors (Lipinski definition) is 0. The molecule has 0 unspecified atom stereocenters. The van der Waals surface area contributed by atoms with E-state index in [1.54, 1.807) is 0 Å². The van der Waals surface area contributed by atoms with Crippen LogP contribution in [0.15, 0.2) is 30.6 Å². The monoisotopic (exact) mass is 356 g/mol. The summed E-state index contributed by atoms with van der Waals surface area (Å²) in [4.78, 5) is 22.2. The number of carbonyl (C=O) groups excluding carboxylic acids is 1. The number of piperazine rings is 1. The zero-order valence-corrected chi connectivity index (χ0v) is 14.9. The largest absolute Gasteiger partial charge is 0.335 e. The topological polar surface area (TPSA) is 66.6 Å². The summed E-state index contributed by atoms with van der Waals surface area (Å²) in [6.45, 7) is 5.98. The van der Waals surface area contributed by atoms with Crippen LogP contribution in [0.25, 0.3) is 5.65 Å².